The number of carbonyl (C=O) groups is 1. The molecule has 3 unspecified atom stereocenters. The van der Waals surface area contributed by atoms with Crippen molar-refractivity contribution in [2.24, 2.45) is 5.92 Å². The van der Waals surface area contributed by atoms with Crippen molar-refractivity contribution < 1.29 is 14.6 Å². The molecule has 2 saturated carbocycles. The van der Waals surface area contributed by atoms with Crippen LogP contribution in [0.25, 0.3) is 0 Å². The number of Topliss-reactive ketones (excluding diaryl/α,β-unsaturated/α-hetero) is 1. The summed E-state index contributed by atoms with van der Waals surface area (Å²) >= 11 is 0. The normalized spacial score (nSPS) is 32.3. The van der Waals surface area contributed by atoms with E-state index in [9.17, 15) is 9.90 Å². The second kappa shape index (κ2) is 7.18. The standard InChI is InChI=1S/C27H31NO3/c29-22-10-11-27(30)25-14-21-8-9-23(31-18-20-4-2-1-3-5-20)15-24(21)26(27,16-22)12-13-28(25)17-19-6-7-19/h1-5,8-9,15,19,25,30H,6-7,10-14,16-18H2. The van der Waals surface area contributed by atoms with Gasteiger partial charge in [-0.25, -0.2) is 0 Å². The molecule has 31 heavy (non-hydrogen) atoms. The molecule has 1 aliphatic heterocycles. The van der Waals surface area contributed by atoms with E-state index in [2.05, 4.69) is 35.2 Å². The zero-order valence-corrected chi connectivity index (χ0v) is 18.1. The summed E-state index contributed by atoms with van der Waals surface area (Å²) in [6.45, 7) is 2.60. The fourth-order valence-electron chi connectivity index (χ4n) is 6.56. The highest BCUT2D eigenvalue weighted by molar-refractivity contribution is 5.82. The molecular weight excluding hydrogens is 386 g/mol. The Morgan fingerprint density at radius 1 is 1.10 bits per heavy atom. The van der Waals surface area contributed by atoms with Crippen molar-refractivity contribution in [3.8, 4) is 5.75 Å². The molecule has 3 fully saturated rings. The molecule has 3 aliphatic carbocycles. The summed E-state index contributed by atoms with van der Waals surface area (Å²) in [5.41, 5.74) is 2.30. The SMILES string of the molecule is O=C1CCC2(O)C3Cc4ccc(OCc5ccccc5)cc4C2(CCN3CC2CC2)C1. The van der Waals surface area contributed by atoms with Gasteiger partial charge in [-0.15, -0.1) is 0 Å². The highest BCUT2D eigenvalue weighted by Crippen LogP contribution is 2.58. The van der Waals surface area contributed by atoms with Crippen molar-refractivity contribution >= 4 is 5.78 Å². The van der Waals surface area contributed by atoms with E-state index in [-0.39, 0.29) is 6.04 Å². The van der Waals surface area contributed by atoms with Gasteiger partial charge >= 0.3 is 0 Å². The van der Waals surface area contributed by atoms with E-state index in [4.69, 9.17) is 4.74 Å². The summed E-state index contributed by atoms with van der Waals surface area (Å²) in [5, 5.41) is 12.2. The molecule has 2 bridgehead atoms. The van der Waals surface area contributed by atoms with Gasteiger partial charge < -0.3 is 9.84 Å². The first kappa shape index (κ1) is 19.5. The predicted octanol–water partition coefficient (Wildman–Crippen LogP) is 4.03. The number of hydrogen-bond acceptors (Lipinski definition) is 4. The molecule has 1 N–H and O–H groups in total. The number of carbonyl (C=O) groups excluding carboxylic acids is 1. The average molecular weight is 418 g/mol. The summed E-state index contributed by atoms with van der Waals surface area (Å²) in [7, 11) is 0. The molecule has 1 saturated heterocycles. The molecule has 1 heterocycles. The van der Waals surface area contributed by atoms with Gasteiger partial charge in [0.25, 0.3) is 0 Å². The lowest BCUT2D eigenvalue weighted by Crippen LogP contribution is -2.73. The average Bonchev–Trinajstić information content (AvgIpc) is 3.60. The maximum atomic E-state index is 12.7. The molecule has 6 rings (SSSR count). The number of likely N-dealkylation sites (tertiary alicyclic amines) is 1. The molecule has 0 amide bonds. The Hall–Kier alpha value is -2.17. The van der Waals surface area contributed by atoms with Crippen LogP contribution in [0.3, 0.4) is 0 Å². The third kappa shape index (κ3) is 3.15. The van der Waals surface area contributed by atoms with E-state index in [1.54, 1.807) is 0 Å². The molecule has 4 nitrogen and oxygen atoms in total. The van der Waals surface area contributed by atoms with Crippen LogP contribution in [0.15, 0.2) is 48.5 Å². The van der Waals surface area contributed by atoms with Gasteiger partial charge in [0.1, 0.15) is 18.1 Å². The number of ketones is 1. The fraction of sp³-hybridized carbons (Fsp3) is 0.519. The topological polar surface area (TPSA) is 49.8 Å². The van der Waals surface area contributed by atoms with E-state index in [1.165, 1.54) is 18.4 Å². The molecule has 2 aromatic carbocycles. The van der Waals surface area contributed by atoms with Crippen molar-refractivity contribution in [1.29, 1.82) is 0 Å². The number of aliphatic hydroxyl groups is 1. The second-order valence-electron chi connectivity index (χ2n) is 10.2. The highest BCUT2D eigenvalue weighted by atomic mass is 16.5. The van der Waals surface area contributed by atoms with Gasteiger partial charge in [-0.2, -0.15) is 0 Å². The van der Waals surface area contributed by atoms with Crippen LogP contribution >= 0.6 is 0 Å². The molecule has 3 atom stereocenters. The number of nitrogens with zero attached hydrogens (tertiary/aromatic N) is 1. The Balaban J connectivity index is 1.36. The van der Waals surface area contributed by atoms with Crippen LogP contribution in [0, 0.1) is 5.92 Å². The van der Waals surface area contributed by atoms with Gasteiger partial charge in [0.2, 0.25) is 0 Å². The van der Waals surface area contributed by atoms with Crippen LogP contribution in [-0.2, 0) is 23.2 Å². The molecule has 0 spiro atoms. The number of hydrogen-bond donors (Lipinski definition) is 1. The van der Waals surface area contributed by atoms with Crippen LogP contribution in [0.2, 0.25) is 0 Å². The Morgan fingerprint density at radius 2 is 1.94 bits per heavy atom. The van der Waals surface area contributed by atoms with E-state index in [0.29, 0.717) is 31.7 Å². The minimum absolute atomic E-state index is 0.124. The van der Waals surface area contributed by atoms with Crippen molar-refractivity contribution in [3.05, 3.63) is 65.2 Å². The summed E-state index contributed by atoms with van der Waals surface area (Å²) in [6, 6.07) is 16.7. The Morgan fingerprint density at radius 3 is 2.74 bits per heavy atom. The smallest absolute Gasteiger partial charge is 0.134 e. The van der Waals surface area contributed by atoms with E-state index >= 15 is 0 Å². The van der Waals surface area contributed by atoms with Gasteiger partial charge in [0, 0.05) is 30.8 Å². The van der Waals surface area contributed by atoms with Gasteiger partial charge in [-0.05, 0) is 73.4 Å². The summed E-state index contributed by atoms with van der Waals surface area (Å²) in [4.78, 5) is 15.2. The molecule has 2 aromatic rings. The zero-order valence-electron chi connectivity index (χ0n) is 18.1. The van der Waals surface area contributed by atoms with Gasteiger partial charge in [-0.1, -0.05) is 36.4 Å². The minimum Gasteiger partial charge on any atom is -0.489 e. The first-order valence-corrected chi connectivity index (χ1v) is 11.9. The molecule has 162 valence electrons. The third-order valence-electron chi connectivity index (χ3n) is 8.38. The molecule has 4 aliphatic rings. The largest absolute Gasteiger partial charge is 0.489 e. The van der Waals surface area contributed by atoms with Crippen LogP contribution in [0.5, 0.6) is 5.75 Å². The molecule has 4 heteroatoms. The zero-order chi connectivity index (χ0) is 21.1. The van der Waals surface area contributed by atoms with Gasteiger partial charge in [-0.3, -0.25) is 9.69 Å². The van der Waals surface area contributed by atoms with Crippen LogP contribution in [0.1, 0.15) is 55.2 Å². The van der Waals surface area contributed by atoms with Gasteiger partial charge in [0.15, 0.2) is 0 Å². The molecule has 0 aromatic heterocycles. The van der Waals surface area contributed by atoms with E-state index in [0.717, 1.165) is 48.7 Å². The summed E-state index contributed by atoms with van der Waals surface area (Å²) < 4.78 is 6.14. The van der Waals surface area contributed by atoms with Crippen LogP contribution in [-0.4, -0.2) is 40.5 Å². The van der Waals surface area contributed by atoms with Gasteiger partial charge in [0.05, 0.1) is 5.60 Å². The Labute approximate surface area is 184 Å². The van der Waals surface area contributed by atoms with Crippen LogP contribution in [0.4, 0.5) is 0 Å². The van der Waals surface area contributed by atoms with E-state index < -0.39 is 11.0 Å². The fourth-order valence-corrected chi connectivity index (χ4v) is 6.56. The van der Waals surface area contributed by atoms with Crippen molar-refractivity contribution in [2.75, 3.05) is 13.1 Å². The van der Waals surface area contributed by atoms with Crippen LogP contribution < -0.4 is 4.74 Å². The maximum Gasteiger partial charge on any atom is 0.134 e. The summed E-state index contributed by atoms with van der Waals surface area (Å²) in [6.07, 6.45) is 5.93. The van der Waals surface area contributed by atoms with Crippen molar-refractivity contribution in [2.45, 2.75) is 68.6 Å². The predicted molar refractivity (Wildman–Crippen MR) is 119 cm³/mol. The molecule has 0 radical (unpaired) electrons. The monoisotopic (exact) mass is 417 g/mol. The number of fused-ring (bicyclic) bond motifs is 1. The van der Waals surface area contributed by atoms with E-state index in [1.807, 2.05) is 18.2 Å². The number of ether oxygens (including phenoxy) is 1. The maximum absolute atomic E-state index is 12.7. The first-order valence-electron chi connectivity index (χ1n) is 11.9. The van der Waals surface area contributed by atoms with Crippen molar-refractivity contribution in [1.82, 2.24) is 4.90 Å². The first-order chi connectivity index (χ1) is 15.1. The lowest BCUT2D eigenvalue weighted by atomic mass is 9.49. The lowest BCUT2D eigenvalue weighted by Gasteiger charge is -2.63. The minimum atomic E-state index is -0.820. The Bertz CT molecular complexity index is 1000. The summed E-state index contributed by atoms with van der Waals surface area (Å²) in [5.74, 6) is 1.93. The number of benzene rings is 2. The highest BCUT2D eigenvalue weighted by Gasteiger charge is 2.64. The molecular formula is C27H31NO3. The lowest BCUT2D eigenvalue weighted by molar-refractivity contribution is -0.173. The van der Waals surface area contributed by atoms with Crippen molar-refractivity contribution in [3.63, 3.8) is 0 Å². The number of rotatable bonds is 5. The third-order valence-corrected chi connectivity index (χ3v) is 8.38. The Kier molecular flexibility index (Phi) is 4.52. The second-order valence-corrected chi connectivity index (χ2v) is 10.2. The quantitative estimate of drug-likeness (QED) is 0.798. The number of piperidine rings is 1.